The molecule has 2 rings (SSSR count). The topological polar surface area (TPSA) is 64.8 Å². The van der Waals surface area contributed by atoms with E-state index >= 15 is 0 Å². The van der Waals surface area contributed by atoms with Crippen LogP contribution in [-0.2, 0) is 14.3 Å². The predicted molar refractivity (Wildman–Crippen MR) is 63.5 cm³/mol. The number of nitrogens with two attached hydrogens (primary N) is 1. The highest BCUT2D eigenvalue weighted by atomic mass is 16.5. The number of piperidine rings is 1. The Kier molecular flexibility index (Phi) is 3.70. The number of hydrogen-bond acceptors (Lipinski definition) is 5. The lowest BCUT2D eigenvalue weighted by Crippen LogP contribution is -2.64. The van der Waals surface area contributed by atoms with Crippen LogP contribution in [0.15, 0.2) is 0 Å². The molecule has 0 aromatic rings. The van der Waals surface area contributed by atoms with Gasteiger partial charge in [-0.1, -0.05) is 0 Å². The van der Waals surface area contributed by atoms with E-state index in [1.807, 2.05) is 0 Å². The van der Waals surface area contributed by atoms with Gasteiger partial charge in [0.15, 0.2) is 0 Å². The first-order valence-electron chi connectivity index (χ1n) is 6.20. The molecule has 0 saturated carbocycles. The van der Waals surface area contributed by atoms with Crippen molar-refractivity contribution in [1.82, 2.24) is 4.90 Å². The summed E-state index contributed by atoms with van der Waals surface area (Å²) in [6.07, 6.45) is 2.23. The molecule has 98 valence electrons. The van der Waals surface area contributed by atoms with Crippen LogP contribution in [0.1, 0.15) is 12.8 Å². The first-order chi connectivity index (χ1) is 8.10. The van der Waals surface area contributed by atoms with Crippen molar-refractivity contribution < 1.29 is 14.3 Å². The molecule has 0 amide bonds. The van der Waals surface area contributed by atoms with Gasteiger partial charge in [0.05, 0.1) is 20.3 Å². The average molecular weight is 242 g/mol. The number of hydrogen-bond donors (Lipinski definition) is 1. The summed E-state index contributed by atoms with van der Waals surface area (Å²) in [7, 11) is 3.52. The zero-order valence-electron chi connectivity index (χ0n) is 10.6. The van der Waals surface area contributed by atoms with E-state index in [4.69, 9.17) is 15.2 Å². The first-order valence-corrected chi connectivity index (χ1v) is 6.20. The number of carbonyl (C=O) groups excluding carboxylic acids is 1. The smallest absolute Gasteiger partial charge is 0.318 e. The summed E-state index contributed by atoms with van der Waals surface area (Å²) in [6.45, 7) is 2.88. The zero-order valence-corrected chi connectivity index (χ0v) is 10.6. The van der Waals surface area contributed by atoms with Crippen LogP contribution in [0, 0.1) is 11.3 Å². The lowest BCUT2D eigenvalue weighted by molar-refractivity contribution is -0.191. The lowest BCUT2D eigenvalue weighted by atomic mass is 9.71. The molecule has 17 heavy (non-hydrogen) atoms. The van der Waals surface area contributed by atoms with Gasteiger partial charge in [-0.3, -0.25) is 4.79 Å². The van der Waals surface area contributed by atoms with Crippen molar-refractivity contribution in [1.29, 1.82) is 0 Å². The van der Waals surface area contributed by atoms with Crippen LogP contribution in [0.3, 0.4) is 0 Å². The molecule has 2 saturated heterocycles. The molecule has 0 radical (unpaired) electrons. The van der Waals surface area contributed by atoms with Crippen LogP contribution < -0.4 is 5.73 Å². The van der Waals surface area contributed by atoms with Crippen molar-refractivity contribution in [2.24, 2.45) is 17.1 Å². The van der Waals surface area contributed by atoms with Crippen molar-refractivity contribution >= 4 is 5.97 Å². The van der Waals surface area contributed by atoms with E-state index in [-0.39, 0.29) is 12.0 Å². The Morgan fingerprint density at radius 3 is 2.76 bits per heavy atom. The Labute approximate surface area is 102 Å². The third kappa shape index (κ3) is 2.19. The van der Waals surface area contributed by atoms with Crippen LogP contribution in [0.5, 0.6) is 0 Å². The van der Waals surface area contributed by atoms with Crippen LogP contribution in [0.4, 0.5) is 0 Å². The highest BCUT2D eigenvalue weighted by Gasteiger charge is 2.54. The summed E-state index contributed by atoms with van der Waals surface area (Å²) in [6, 6.07) is -0.161. The third-order valence-electron chi connectivity index (χ3n) is 4.12. The van der Waals surface area contributed by atoms with Crippen LogP contribution in [0.25, 0.3) is 0 Å². The summed E-state index contributed by atoms with van der Waals surface area (Å²) < 4.78 is 10.1. The fraction of sp³-hybridized carbons (Fsp3) is 0.917. The molecule has 2 unspecified atom stereocenters. The van der Waals surface area contributed by atoms with Gasteiger partial charge in [-0.25, -0.2) is 0 Å². The Hall–Kier alpha value is -0.650. The highest BCUT2D eigenvalue weighted by molar-refractivity contribution is 5.79. The molecule has 0 aromatic carbocycles. The fourth-order valence-electron chi connectivity index (χ4n) is 2.92. The number of ether oxygens (including phenoxy) is 2. The number of methoxy groups -OCH3 is 1. The van der Waals surface area contributed by atoms with E-state index in [0.717, 1.165) is 25.9 Å². The minimum Gasteiger partial charge on any atom is -0.468 e. The van der Waals surface area contributed by atoms with E-state index in [9.17, 15) is 4.79 Å². The Bertz CT molecular complexity index is 291. The Balaban J connectivity index is 2.06. The van der Waals surface area contributed by atoms with E-state index in [0.29, 0.717) is 19.1 Å². The molecule has 5 heteroatoms. The number of nitrogens with zero attached hydrogens (tertiary/aromatic N) is 1. The summed E-state index contributed by atoms with van der Waals surface area (Å²) in [5.74, 6) is 0.140. The largest absolute Gasteiger partial charge is 0.468 e. The molecule has 5 nitrogen and oxygen atoms in total. The van der Waals surface area contributed by atoms with Crippen LogP contribution >= 0.6 is 0 Å². The Morgan fingerprint density at radius 1 is 1.59 bits per heavy atom. The zero-order chi connectivity index (χ0) is 12.5. The number of carbonyl (C=O) groups is 1. The summed E-state index contributed by atoms with van der Waals surface area (Å²) >= 11 is 0. The molecule has 2 heterocycles. The van der Waals surface area contributed by atoms with Gasteiger partial charge in [0.25, 0.3) is 0 Å². The SMILES string of the molecule is COC(=O)C1(C(N)C2CCCN(C)C2)COC1. The molecule has 2 fully saturated rings. The molecule has 2 N–H and O–H groups in total. The first kappa shape index (κ1) is 12.8. The second kappa shape index (κ2) is 4.92. The van der Waals surface area contributed by atoms with Crippen LogP contribution in [-0.4, -0.2) is 57.4 Å². The molecule has 2 aliphatic rings. The van der Waals surface area contributed by atoms with Crippen molar-refractivity contribution in [3.05, 3.63) is 0 Å². The molecular formula is C12H22N2O3. The third-order valence-corrected chi connectivity index (χ3v) is 4.12. The minimum atomic E-state index is -0.600. The molecule has 0 aromatic heterocycles. The maximum Gasteiger partial charge on any atom is 0.318 e. The maximum absolute atomic E-state index is 11.9. The minimum absolute atomic E-state index is 0.161. The monoisotopic (exact) mass is 242 g/mol. The lowest BCUT2D eigenvalue weighted by Gasteiger charge is -2.47. The quantitative estimate of drug-likeness (QED) is 0.697. The maximum atomic E-state index is 11.9. The van der Waals surface area contributed by atoms with Gasteiger partial charge in [-0.2, -0.15) is 0 Å². The fourth-order valence-corrected chi connectivity index (χ4v) is 2.92. The molecular weight excluding hydrogens is 220 g/mol. The van der Waals surface area contributed by atoms with E-state index in [2.05, 4.69) is 11.9 Å². The summed E-state index contributed by atoms with van der Waals surface area (Å²) in [4.78, 5) is 14.2. The van der Waals surface area contributed by atoms with Gasteiger partial charge in [0.2, 0.25) is 0 Å². The summed E-state index contributed by atoms with van der Waals surface area (Å²) in [5, 5.41) is 0. The molecule has 2 atom stereocenters. The van der Waals surface area contributed by atoms with E-state index in [1.165, 1.54) is 7.11 Å². The van der Waals surface area contributed by atoms with Crippen molar-refractivity contribution in [3.63, 3.8) is 0 Å². The van der Waals surface area contributed by atoms with Crippen molar-refractivity contribution in [2.45, 2.75) is 18.9 Å². The molecule has 0 spiro atoms. The Morgan fingerprint density at radius 2 is 2.29 bits per heavy atom. The predicted octanol–water partition coefficient (Wildman–Crippen LogP) is -0.155. The highest BCUT2D eigenvalue weighted by Crippen LogP contribution is 2.37. The van der Waals surface area contributed by atoms with Gasteiger partial charge in [0, 0.05) is 12.6 Å². The van der Waals surface area contributed by atoms with Gasteiger partial charge in [-0.15, -0.1) is 0 Å². The van der Waals surface area contributed by atoms with E-state index in [1.54, 1.807) is 0 Å². The van der Waals surface area contributed by atoms with Gasteiger partial charge in [-0.05, 0) is 32.4 Å². The van der Waals surface area contributed by atoms with Crippen molar-refractivity contribution in [2.75, 3.05) is 40.5 Å². The average Bonchev–Trinajstić information content (AvgIpc) is 2.27. The van der Waals surface area contributed by atoms with Gasteiger partial charge >= 0.3 is 5.97 Å². The second-order valence-electron chi connectivity index (χ2n) is 5.33. The molecule has 0 bridgehead atoms. The summed E-state index contributed by atoms with van der Waals surface area (Å²) in [5.41, 5.74) is 5.72. The number of likely N-dealkylation sites (tertiary alicyclic amines) is 1. The standard InChI is InChI=1S/C12H22N2O3/c1-14-5-3-4-9(6-14)10(13)12(7-17-8-12)11(15)16-2/h9-10H,3-8,13H2,1-2H3. The number of rotatable bonds is 3. The van der Waals surface area contributed by atoms with E-state index < -0.39 is 5.41 Å². The molecule has 0 aliphatic carbocycles. The normalized spacial score (nSPS) is 30.4. The second-order valence-corrected chi connectivity index (χ2v) is 5.33. The van der Waals surface area contributed by atoms with Gasteiger partial charge < -0.3 is 20.1 Å². The number of esters is 1. The van der Waals surface area contributed by atoms with Crippen LogP contribution in [0.2, 0.25) is 0 Å². The van der Waals surface area contributed by atoms with Crippen molar-refractivity contribution in [3.8, 4) is 0 Å². The molecule has 2 aliphatic heterocycles. The van der Waals surface area contributed by atoms with Gasteiger partial charge in [0.1, 0.15) is 5.41 Å².